The number of unbranched alkanes of at least 4 members (excludes halogenated alkanes) is 2. The molecule has 0 spiro atoms. The summed E-state index contributed by atoms with van der Waals surface area (Å²) in [6.45, 7) is 6.47. The van der Waals surface area contributed by atoms with Gasteiger partial charge in [-0.2, -0.15) is 0 Å². The molecule has 0 aliphatic heterocycles. The first kappa shape index (κ1) is 21.9. The Morgan fingerprint density at radius 2 is 1.96 bits per heavy atom. The molecule has 27 heavy (non-hydrogen) atoms. The molecule has 1 fully saturated rings. The number of aliphatic hydroxyl groups excluding tert-OH is 1. The van der Waals surface area contributed by atoms with Crippen molar-refractivity contribution in [2.45, 2.75) is 97.0 Å². The third-order valence-corrected chi connectivity index (χ3v) is 5.97. The number of fused-ring (bicyclic) bond motifs is 1. The van der Waals surface area contributed by atoms with Gasteiger partial charge in [0.05, 0.1) is 0 Å². The maximum Gasteiger partial charge on any atom is 0.306 e. The number of carbonyl (C=O) groups is 1. The third-order valence-electron chi connectivity index (χ3n) is 5.97. The normalized spacial score (nSPS) is 23.9. The van der Waals surface area contributed by atoms with Crippen LogP contribution >= 0.6 is 0 Å². The molecule has 0 heterocycles. The highest BCUT2D eigenvalue weighted by molar-refractivity contribution is 5.69. The van der Waals surface area contributed by atoms with Gasteiger partial charge in [-0.15, -0.1) is 0 Å². The van der Waals surface area contributed by atoms with Crippen molar-refractivity contribution in [2.24, 2.45) is 5.92 Å². The number of hydrogen-bond acceptors (Lipinski definition) is 3. The van der Waals surface area contributed by atoms with Crippen molar-refractivity contribution in [3.63, 3.8) is 0 Å². The zero-order valence-electron chi connectivity index (χ0n) is 17.5. The minimum Gasteiger partial charge on any atom is -0.462 e. The summed E-state index contributed by atoms with van der Waals surface area (Å²) in [6.07, 6.45) is 10.1. The van der Waals surface area contributed by atoms with Crippen LogP contribution in [-0.2, 0) is 22.4 Å². The molecule has 1 saturated carbocycles. The van der Waals surface area contributed by atoms with Crippen LogP contribution in [0.3, 0.4) is 0 Å². The molecule has 3 atom stereocenters. The summed E-state index contributed by atoms with van der Waals surface area (Å²) in [5.74, 6) is 1.06. The van der Waals surface area contributed by atoms with Crippen LogP contribution in [0.4, 0.5) is 0 Å². The highest BCUT2D eigenvalue weighted by Crippen LogP contribution is 2.39. The van der Waals surface area contributed by atoms with Gasteiger partial charge in [-0.05, 0) is 67.1 Å². The Morgan fingerprint density at radius 3 is 2.67 bits per heavy atom. The van der Waals surface area contributed by atoms with Crippen LogP contribution < -0.4 is 0 Å². The Kier molecular flexibility index (Phi) is 9.33. The van der Waals surface area contributed by atoms with Crippen molar-refractivity contribution in [2.75, 3.05) is 6.61 Å². The molecular formula is C24H38O3. The lowest BCUT2D eigenvalue weighted by atomic mass is 9.85. The lowest BCUT2D eigenvalue weighted by Gasteiger charge is -2.26. The van der Waals surface area contributed by atoms with Gasteiger partial charge >= 0.3 is 5.97 Å². The number of carbonyl (C=O) groups excluding carboxylic acids is 1. The molecule has 1 aromatic rings. The summed E-state index contributed by atoms with van der Waals surface area (Å²) in [5, 5.41) is 9.35. The summed E-state index contributed by atoms with van der Waals surface area (Å²) in [6, 6.07) is 6.88. The number of benzene rings is 1. The number of hydrogen-bond donors (Lipinski definition) is 1. The van der Waals surface area contributed by atoms with Crippen LogP contribution in [0.15, 0.2) is 18.2 Å². The average molecular weight is 375 g/mol. The maximum absolute atomic E-state index is 11.9. The van der Waals surface area contributed by atoms with Crippen LogP contribution in [0.1, 0.15) is 94.7 Å². The van der Waals surface area contributed by atoms with Gasteiger partial charge < -0.3 is 9.84 Å². The predicted molar refractivity (Wildman–Crippen MR) is 111 cm³/mol. The smallest absolute Gasteiger partial charge is 0.306 e. The quantitative estimate of drug-likeness (QED) is 0.501. The first-order valence-electron chi connectivity index (χ1n) is 11.1. The fourth-order valence-corrected chi connectivity index (χ4v) is 4.40. The molecule has 3 nitrogen and oxygen atoms in total. The van der Waals surface area contributed by atoms with Gasteiger partial charge in [-0.3, -0.25) is 4.79 Å². The van der Waals surface area contributed by atoms with E-state index in [4.69, 9.17) is 4.74 Å². The molecule has 0 amide bonds. The van der Waals surface area contributed by atoms with E-state index in [1.807, 2.05) is 13.8 Å². The third kappa shape index (κ3) is 6.34. The summed E-state index contributed by atoms with van der Waals surface area (Å²) < 4.78 is 5.69. The number of aryl methyl sites for hydroxylation is 1. The van der Waals surface area contributed by atoms with Gasteiger partial charge in [-0.1, -0.05) is 51.8 Å². The number of ether oxygens (including phenoxy) is 1. The van der Waals surface area contributed by atoms with E-state index in [0.29, 0.717) is 24.9 Å². The predicted octanol–water partition coefficient (Wildman–Crippen LogP) is 5.57. The molecule has 2 aliphatic rings. The van der Waals surface area contributed by atoms with Crippen LogP contribution in [0.2, 0.25) is 0 Å². The number of rotatable bonds is 7. The van der Waals surface area contributed by atoms with E-state index in [1.165, 1.54) is 23.1 Å². The Morgan fingerprint density at radius 1 is 1.15 bits per heavy atom. The molecule has 0 radical (unpaired) electrons. The van der Waals surface area contributed by atoms with Gasteiger partial charge in [0.1, 0.15) is 6.10 Å². The zero-order valence-corrected chi connectivity index (χ0v) is 17.5. The molecule has 2 aliphatic carbocycles. The topological polar surface area (TPSA) is 46.5 Å². The van der Waals surface area contributed by atoms with Gasteiger partial charge in [-0.25, -0.2) is 0 Å². The van der Waals surface area contributed by atoms with Crippen molar-refractivity contribution >= 4 is 5.97 Å². The molecule has 1 aromatic carbocycles. The average Bonchev–Trinajstić information content (AvgIpc) is 3.18. The molecular weight excluding hydrogens is 336 g/mol. The molecule has 3 heteroatoms. The van der Waals surface area contributed by atoms with E-state index >= 15 is 0 Å². The zero-order chi connectivity index (χ0) is 19.6. The van der Waals surface area contributed by atoms with Crippen molar-refractivity contribution < 1.29 is 14.6 Å². The Hall–Kier alpha value is -1.35. The standard InChI is InChI=1S/C22H32O3.C2H6/c1-2-3-4-5-22(24)25-21-11-10-19-13-18(8-9-20(19)14-21)17-7-6-16(12-17)15-23;1-2/h8-9,13,16-17,21,23H,2-7,10-12,14-15H2,1H3;1-2H3. The van der Waals surface area contributed by atoms with Gasteiger partial charge in [0.25, 0.3) is 0 Å². The SMILES string of the molecule is CC.CCCCCC(=O)OC1CCc2cc(C3CCC(CO)C3)ccc2C1. The van der Waals surface area contributed by atoms with E-state index in [2.05, 4.69) is 25.1 Å². The van der Waals surface area contributed by atoms with Crippen molar-refractivity contribution in [1.29, 1.82) is 0 Å². The van der Waals surface area contributed by atoms with Gasteiger partial charge in [0, 0.05) is 19.4 Å². The lowest BCUT2D eigenvalue weighted by molar-refractivity contribution is -0.149. The van der Waals surface area contributed by atoms with Crippen LogP contribution in [-0.4, -0.2) is 23.8 Å². The fraction of sp³-hybridized carbons (Fsp3) is 0.708. The highest BCUT2D eigenvalue weighted by Gasteiger charge is 2.27. The monoisotopic (exact) mass is 374 g/mol. The summed E-state index contributed by atoms with van der Waals surface area (Å²) >= 11 is 0. The first-order chi connectivity index (χ1) is 13.2. The first-order valence-corrected chi connectivity index (χ1v) is 11.1. The van der Waals surface area contributed by atoms with Crippen molar-refractivity contribution in [1.82, 2.24) is 0 Å². The molecule has 3 unspecified atom stereocenters. The molecule has 1 N–H and O–H groups in total. The maximum atomic E-state index is 11.9. The molecule has 0 aromatic heterocycles. The van der Waals surface area contributed by atoms with E-state index in [0.717, 1.165) is 51.4 Å². The van der Waals surface area contributed by atoms with E-state index in [9.17, 15) is 9.90 Å². The summed E-state index contributed by atoms with van der Waals surface area (Å²) in [7, 11) is 0. The second kappa shape index (κ2) is 11.5. The minimum atomic E-state index is -0.0282. The van der Waals surface area contributed by atoms with Crippen LogP contribution in [0.5, 0.6) is 0 Å². The second-order valence-electron chi connectivity index (χ2n) is 7.90. The Balaban J connectivity index is 0.00000126. The minimum absolute atomic E-state index is 0.0282. The summed E-state index contributed by atoms with van der Waals surface area (Å²) in [4.78, 5) is 11.9. The fourth-order valence-electron chi connectivity index (χ4n) is 4.40. The van der Waals surface area contributed by atoms with Gasteiger partial charge in [0.2, 0.25) is 0 Å². The summed E-state index contributed by atoms with van der Waals surface area (Å²) in [5.41, 5.74) is 4.21. The second-order valence-corrected chi connectivity index (χ2v) is 7.90. The lowest BCUT2D eigenvalue weighted by Crippen LogP contribution is -2.25. The Bertz CT molecular complexity index is 581. The molecule has 0 bridgehead atoms. The van der Waals surface area contributed by atoms with E-state index in [-0.39, 0.29) is 12.1 Å². The highest BCUT2D eigenvalue weighted by atomic mass is 16.5. The molecule has 0 saturated heterocycles. The molecule has 152 valence electrons. The van der Waals surface area contributed by atoms with E-state index in [1.54, 1.807) is 0 Å². The van der Waals surface area contributed by atoms with E-state index < -0.39 is 0 Å². The van der Waals surface area contributed by atoms with Crippen LogP contribution in [0, 0.1) is 5.92 Å². The largest absolute Gasteiger partial charge is 0.462 e. The number of esters is 1. The molecule has 3 rings (SSSR count). The van der Waals surface area contributed by atoms with Gasteiger partial charge in [0.15, 0.2) is 0 Å². The number of aliphatic hydroxyl groups is 1. The Labute approximate surface area is 165 Å². The van der Waals surface area contributed by atoms with Crippen molar-refractivity contribution in [3.05, 3.63) is 34.9 Å². The van der Waals surface area contributed by atoms with Crippen molar-refractivity contribution in [3.8, 4) is 0 Å². The van der Waals surface area contributed by atoms with Crippen LogP contribution in [0.25, 0.3) is 0 Å².